The quantitative estimate of drug-likeness (QED) is 0.766. The van der Waals surface area contributed by atoms with E-state index in [9.17, 15) is 14.4 Å². The summed E-state index contributed by atoms with van der Waals surface area (Å²) in [5.41, 5.74) is -0.778. The van der Waals surface area contributed by atoms with Crippen LogP contribution < -0.4 is 10.6 Å². The van der Waals surface area contributed by atoms with Gasteiger partial charge in [0.1, 0.15) is 5.54 Å². The summed E-state index contributed by atoms with van der Waals surface area (Å²) in [6.07, 6.45) is 7.79. The first-order valence-corrected chi connectivity index (χ1v) is 8.00. The zero-order valence-corrected chi connectivity index (χ0v) is 12.3. The predicted molar refractivity (Wildman–Crippen MR) is 76.4 cm³/mol. The van der Waals surface area contributed by atoms with Crippen LogP contribution in [0.25, 0.3) is 0 Å². The number of nitrogens with zero attached hydrogens (tertiary/aromatic N) is 1. The van der Waals surface area contributed by atoms with Crippen LogP contribution >= 0.6 is 0 Å². The molecule has 0 aromatic rings. The Morgan fingerprint density at radius 2 is 1.86 bits per heavy atom. The maximum atomic E-state index is 12.2. The monoisotopic (exact) mass is 293 g/mol. The fraction of sp³-hybridized carbons (Fsp3) is 0.800. The Morgan fingerprint density at radius 1 is 1.19 bits per heavy atom. The van der Waals surface area contributed by atoms with Gasteiger partial charge in [0, 0.05) is 19.5 Å². The van der Waals surface area contributed by atoms with Gasteiger partial charge in [-0.3, -0.25) is 14.9 Å². The fourth-order valence-electron chi connectivity index (χ4n) is 3.80. The van der Waals surface area contributed by atoms with Crippen LogP contribution in [-0.4, -0.2) is 41.4 Å². The Balaban J connectivity index is 1.47. The second kappa shape index (κ2) is 5.66. The van der Waals surface area contributed by atoms with Crippen molar-refractivity contribution in [1.82, 2.24) is 15.5 Å². The molecule has 6 nitrogen and oxygen atoms in total. The molecule has 2 saturated heterocycles. The molecule has 116 valence electrons. The molecule has 0 atom stereocenters. The first kappa shape index (κ1) is 14.4. The molecule has 3 fully saturated rings. The molecular formula is C15H23N3O3. The van der Waals surface area contributed by atoms with E-state index in [1.165, 1.54) is 25.7 Å². The molecule has 2 heterocycles. The lowest BCUT2D eigenvalue weighted by molar-refractivity contribution is -0.136. The molecule has 1 aliphatic carbocycles. The summed E-state index contributed by atoms with van der Waals surface area (Å²) in [4.78, 5) is 37.2. The molecule has 0 bridgehead atoms. The SMILES string of the molecule is O=C1NC(=O)C2(CCN(C(=O)CCC3CCCC3)CC2)N1. The van der Waals surface area contributed by atoms with Crippen LogP contribution in [0.2, 0.25) is 0 Å². The highest BCUT2D eigenvalue weighted by Gasteiger charge is 2.48. The minimum Gasteiger partial charge on any atom is -0.342 e. The average Bonchev–Trinajstić information content (AvgIpc) is 3.06. The summed E-state index contributed by atoms with van der Waals surface area (Å²) in [7, 11) is 0. The number of carbonyl (C=O) groups excluding carboxylic acids is 3. The Hall–Kier alpha value is -1.59. The van der Waals surface area contributed by atoms with Gasteiger partial charge in [0.05, 0.1) is 0 Å². The molecule has 6 heteroatoms. The van der Waals surface area contributed by atoms with Crippen LogP contribution in [0, 0.1) is 5.92 Å². The van der Waals surface area contributed by atoms with E-state index >= 15 is 0 Å². The van der Waals surface area contributed by atoms with Crippen LogP contribution in [0.3, 0.4) is 0 Å². The molecule has 21 heavy (non-hydrogen) atoms. The minimum absolute atomic E-state index is 0.196. The number of likely N-dealkylation sites (tertiary alicyclic amines) is 1. The highest BCUT2D eigenvalue weighted by atomic mass is 16.2. The van der Waals surface area contributed by atoms with Crippen LogP contribution in [0.15, 0.2) is 0 Å². The zero-order chi connectivity index (χ0) is 14.9. The standard InChI is InChI=1S/C15H23N3O3/c19-12(6-5-11-3-1-2-4-11)18-9-7-15(8-10-18)13(20)16-14(21)17-15/h11H,1-10H2,(H2,16,17,20,21). The molecule has 3 rings (SSSR count). The highest BCUT2D eigenvalue weighted by molar-refractivity contribution is 6.07. The van der Waals surface area contributed by atoms with Gasteiger partial charge in [-0.05, 0) is 25.2 Å². The van der Waals surface area contributed by atoms with Crippen molar-refractivity contribution in [2.45, 2.75) is 56.9 Å². The predicted octanol–water partition coefficient (Wildman–Crippen LogP) is 1.16. The Kier molecular flexibility index (Phi) is 3.87. The third-order valence-corrected chi connectivity index (χ3v) is 5.23. The van der Waals surface area contributed by atoms with E-state index in [0.717, 1.165) is 12.3 Å². The van der Waals surface area contributed by atoms with Gasteiger partial charge in [-0.25, -0.2) is 4.79 Å². The van der Waals surface area contributed by atoms with Crippen molar-refractivity contribution in [3.63, 3.8) is 0 Å². The van der Waals surface area contributed by atoms with Gasteiger partial charge in [0.2, 0.25) is 5.91 Å². The third kappa shape index (κ3) is 2.89. The van der Waals surface area contributed by atoms with Crippen molar-refractivity contribution in [1.29, 1.82) is 0 Å². The molecule has 1 saturated carbocycles. The van der Waals surface area contributed by atoms with Crippen molar-refractivity contribution in [3.8, 4) is 0 Å². The smallest absolute Gasteiger partial charge is 0.322 e. The van der Waals surface area contributed by atoms with E-state index < -0.39 is 11.6 Å². The van der Waals surface area contributed by atoms with E-state index in [1.54, 1.807) is 0 Å². The van der Waals surface area contributed by atoms with Gasteiger partial charge in [0.15, 0.2) is 0 Å². The van der Waals surface area contributed by atoms with Gasteiger partial charge in [-0.15, -0.1) is 0 Å². The fourth-order valence-corrected chi connectivity index (χ4v) is 3.80. The van der Waals surface area contributed by atoms with Crippen LogP contribution in [0.1, 0.15) is 51.4 Å². The molecule has 2 N–H and O–H groups in total. The molecule has 0 unspecified atom stereocenters. The number of amides is 4. The number of carbonyl (C=O) groups is 3. The van der Waals surface area contributed by atoms with E-state index in [2.05, 4.69) is 10.6 Å². The Morgan fingerprint density at radius 3 is 2.43 bits per heavy atom. The molecule has 1 spiro atoms. The lowest BCUT2D eigenvalue weighted by Crippen LogP contribution is -2.55. The van der Waals surface area contributed by atoms with Crippen LogP contribution in [0.4, 0.5) is 4.79 Å². The summed E-state index contributed by atoms with van der Waals surface area (Å²) in [5.74, 6) is 0.678. The van der Waals surface area contributed by atoms with Crippen LogP contribution in [-0.2, 0) is 9.59 Å². The minimum atomic E-state index is -0.778. The second-order valence-corrected chi connectivity index (χ2v) is 6.56. The Labute approximate surface area is 124 Å². The lowest BCUT2D eigenvalue weighted by Gasteiger charge is -2.37. The van der Waals surface area contributed by atoms with Crippen molar-refractivity contribution in [2.75, 3.05) is 13.1 Å². The number of rotatable bonds is 3. The van der Waals surface area contributed by atoms with Gasteiger partial charge in [0.25, 0.3) is 5.91 Å². The molecule has 0 aromatic heterocycles. The largest absolute Gasteiger partial charge is 0.342 e. The summed E-state index contributed by atoms with van der Waals surface area (Å²) in [6.45, 7) is 1.11. The molecule has 2 aliphatic heterocycles. The topological polar surface area (TPSA) is 78.5 Å². The van der Waals surface area contributed by atoms with E-state index in [-0.39, 0.29) is 11.8 Å². The first-order chi connectivity index (χ1) is 10.1. The third-order valence-electron chi connectivity index (χ3n) is 5.23. The van der Waals surface area contributed by atoms with Crippen LogP contribution in [0.5, 0.6) is 0 Å². The van der Waals surface area contributed by atoms with E-state index in [4.69, 9.17) is 0 Å². The normalized spacial score (nSPS) is 25.2. The molecule has 3 aliphatic rings. The van der Waals surface area contributed by atoms with Crippen molar-refractivity contribution in [2.24, 2.45) is 5.92 Å². The van der Waals surface area contributed by atoms with Crippen molar-refractivity contribution < 1.29 is 14.4 Å². The highest BCUT2D eigenvalue weighted by Crippen LogP contribution is 2.30. The number of hydrogen-bond acceptors (Lipinski definition) is 3. The number of nitrogens with one attached hydrogen (secondary N) is 2. The van der Waals surface area contributed by atoms with E-state index in [1.807, 2.05) is 4.90 Å². The lowest BCUT2D eigenvalue weighted by atomic mass is 9.87. The molecule has 0 aromatic carbocycles. The molecular weight excluding hydrogens is 270 g/mol. The van der Waals surface area contributed by atoms with Gasteiger partial charge >= 0.3 is 6.03 Å². The van der Waals surface area contributed by atoms with Crippen molar-refractivity contribution in [3.05, 3.63) is 0 Å². The summed E-state index contributed by atoms with van der Waals surface area (Å²) < 4.78 is 0. The van der Waals surface area contributed by atoms with E-state index in [0.29, 0.717) is 32.4 Å². The summed E-state index contributed by atoms with van der Waals surface area (Å²) in [6, 6.07) is -0.416. The number of imide groups is 1. The second-order valence-electron chi connectivity index (χ2n) is 6.56. The number of urea groups is 1. The van der Waals surface area contributed by atoms with Crippen molar-refractivity contribution >= 4 is 17.8 Å². The van der Waals surface area contributed by atoms with Gasteiger partial charge in [-0.1, -0.05) is 25.7 Å². The molecule has 4 amide bonds. The average molecular weight is 293 g/mol. The first-order valence-electron chi connectivity index (χ1n) is 8.00. The Bertz CT molecular complexity index is 449. The zero-order valence-electron chi connectivity index (χ0n) is 12.3. The summed E-state index contributed by atoms with van der Waals surface area (Å²) >= 11 is 0. The van der Waals surface area contributed by atoms with Gasteiger partial charge in [-0.2, -0.15) is 0 Å². The summed E-state index contributed by atoms with van der Waals surface area (Å²) in [5, 5.41) is 5.01. The number of piperidine rings is 1. The maximum absolute atomic E-state index is 12.2. The number of hydrogen-bond donors (Lipinski definition) is 2. The molecule has 0 radical (unpaired) electrons. The maximum Gasteiger partial charge on any atom is 0.322 e. The van der Waals surface area contributed by atoms with Gasteiger partial charge < -0.3 is 10.2 Å².